The second-order valence-corrected chi connectivity index (χ2v) is 7.01. The lowest BCUT2D eigenvalue weighted by Crippen LogP contribution is -2.54. The monoisotopic (exact) mass is 442 g/mol. The SMILES string of the molecule is NC(=O)CC(NC(=O)C1CCCN1)C(=O)NCC(=O)NC(CCCN=C(N)N)C(=O)O. The van der Waals surface area contributed by atoms with Gasteiger partial charge in [0.25, 0.3) is 0 Å². The van der Waals surface area contributed by atoms with Gasteiger partial charge >= 0.3 is 5.97 Å². The molecule has 3 unspecified atom stereocenters. The van der Waals surface area contributed by atoms with E-state index in [2.05, 4.69) is 26.3 Å². The first-order chi connectivity index (χ1) is 14.6. The van der Waals surface area contributed by atoms with Crippen LogP contribution in [0.2, 0.25) is 0 Å². The Morgan fingerprint density at radius 3 is 2.35 bits per heavy atom. The summed E-state index contributed by atoms with van der Waals surface area (Å²) in [5.74, 6) is -4.19. The van der Waals surface area contributed by atoms with Crippen molar-refractivity contribution in [2.75, 3.05) is 19.6 Å². The number of hydrogen-bond acceptors (Lipinski definition) is 7. The second kappa shape index (κ2) is 13.0. The van der Waals surface area contributed by atoms with E-state index < -0.39 is 60.7 Å². The molecule has 4 amide bonds. The van der Waals surface area contributed by atoms with Crippen LogP contribution in [0.5, 0.6) is 0 Å². The molecule has 0 radical (unpaired) electrons. The van der Waals surface area contributed by atoms with Crippen LogP contribution in [0.1, 0.15) is 32.1 Å². The summed E-state index contributed by atoms with van der Waals surface area (Å²) in [6.45, 7) is 0.314. The van der Waals surface area contributed by atoms with Crippen LogP contribution >= 0.6 is 0 Å². The molecule has 14 heteroatoms. The van der Waals surface area contributed by atoms with Gasteiger partial charge in [0.05, 0.1) is 19.0 Å². The average molecular weight is 442 g/mol. The number of carboxylic acid groups (broad SMARTS) is 1. The molecule has 0 bridgehead atoms. The highest BCUT2D eigenvalue weighted by atomic mass is 16.4. The highest BCUT2D eigenvalue weighted by Crippen LogP contribution is 2.06. The van der Waals surface area contributed by atoms with Gasteiger partial charge in [-0.1, -0.05) is 0 Å². The van der Waals surface area contributed by atoms with Crippen molar-refractivity contribution in [1.29, 1.82) is 0 Å². The lowest BCUT2D eigenvalue weighted by Gasteiger charge is -2.20. The molecule has 1 fully saturated rings. The fraction of sp³-hybridized carbons (Fsp3) is 0.647. The lowest BCUT2D eigenvalue weighted by molar-refractivity contribution is -0.142. The third-order valence-electron chi connectivity index (χ3n) is 4.42. The van der Waals surface area contributed by atoms with E-state index in [1.54, 1.807) is 0 Å². The van der Waals surface area contributed by atoms with Gasteiger partial charge in [-0.25, -0.2) is 4.79 Å². The number of rotatable bonds is 13. The van der Waals surface area contributed by atoms with Gasteiger partial charge < -0.3 is 43.6 Å². The van der Waals surface area contributed by atoms with Gasteiger partial charge in [0.1, 0.15) is 12.1 Å². The van der Waals surface area contributed by atoms with Crippen LogP contribution in [0.15, 0.2) is 4.99 Å². The standard InChI is InChI=1S/C17H30N8O6/c18-12(26)7-11(25-15(29)9-3-1-5-21-9)14(28)23-8-13(27)24-10(16(30)31)4-2-6-22-17(19)20/h9-11,21H,1-8H2,(H2,18,26)(H,23,28)(H,24,27)(H,25,29)(H,30,31)(H4,19,20,22). The smallest absolute Gasteiger partial charge is 0.326 e. The van der Waals surface area contributed by atoms with Gasteiger partial charge in [0, 0.05) is 6.54 Å². The van der Waals surface area contributed by atoms with E-state index in [-0.39, 0.29) is 18.9 Å². The van der Waals surface area contributed by atoms with Crippen LogP contribution < -0.4 is 38.5 Å². The summed E-state index contributed by atoms with van der Waals surface area (Å²) in [6, 6.07) is -2.93. The third-order valence-corrected chi connectivity index (χ3v) is 4.42. The van der Waals surface area contributed by atoms with E-state index in [4.69, 9.17) is 17.2 Å². The number of nitrogens with one attached hydrogen (secondary N) is 4. The summed E-state index contributed by atoms with van der Waals surface area (Å²) in [6.07, 6.45) is 1.33. The quantitative estimate of drug-likeness (QED) is 0.0782. The van der Waals surface area contributed by atoms with Crippen LogP contribution in [0.25, 0.3) is 0 Å². The molecular formula is C17H30N8O6. The molecule has 174 valence electrons. The first-order valence-corrected chi connectivity index (χ1v) is 9.77. The summed E-state index contributed by atoms with van der Waals surface area (Å²) in [5, 5.41) is 19.2. The minimum atomic E-state index is -1.26. The molecule has 1 heterocycles. The van der Waals surface area contributed by atoms with Crippen LogP contribution in [0.4, 0.5) is 0 Å². The Balaban J connectivity index is 2.54. The molecule has 14 nitrogen and oxygen atoms in total. The fourth-order valence-corrected chi connectivity index (χ4v) is 2.89. The first kappa shape index (κ1) is 25.6. The number of carbonyl (C=O) groups is 5. The Hall–Kier alpha value is -3.42. The number of carbonyl (C=O) groups excluding carboxylic acids is 4. The number of nitrogens with zero attached hydrogens (tertiary/aromatic N) is 1. The van der Waals surface area contributed by atoms with E-state index >= 15 is 0 Å². The molecular weight excluding hydrogens is 412 g/mol. The zero-order chi connectivity index (χ0) is 23.4. The molecule has 0 spiro atoms. The van der Waals surface area contributed by atoms with Crippen LogP contribution in [0, 0.1) is 0 Å². The molecule has 1 saturated heterocycles. The Kier molecular flexibility index (Phi) is 10.7. The zero-order valence-electron chi connectivity index (χ0n) is 17.1. The van der Waals surface area contributed by atoms with Crippen molar-refractivity contribution >= 4 is 35.6 Å². The Labute approximate surface area is 178 Å². The Bertz CT molecular complexity index is 703. The molecule has 0 aliphatic carbocycles. The molecule has 31 heavy (non-hydrogen) atoms. The number of carboxylic acids is 1. The van der Waals surface area contributed by atoms with Gasteiger partial charge in [-0.15, -0.1) is 0 Å². The van der Waals surface area contributed by atoms with Crippen LogP contribution in [-0.4, -0.2) is 78.4 Å². The van der Waals surface area contributed by atoms with E-state index in [1.807, 2.05) is 0 Å². The van der Waals surface area contributed by atoms with Crippen molar-refractivity contribution in [1.82, 2.24) is 21.3 Å². The fourth-order valence-electron chi connectivity index (χ4n) is 2.89. The molecule has 11 N–H and O–H groups in total. The summed E-state index contributed by atoms with van der Waals surface area (Å²) >= 11 is 0. The van der Waals surface area contributed by atoms with Crippen molar-refractivity contribution in [3.05, 3.63) is 0 Å². The lowest BCUT2D eigenvalue weighted by atomic mass is 10.1. The number of primary amides is 1. The number of amides is 4. The summed E-state index contributed by atoms with van der Waals surface area (Å²) in [4.78, 5) is 62.8. The van der Waals surface area contributed by atoms with Crippen molar-refractivity contribution in [2.45, 2.75) is 50.2 Å². The van der Waals surface area contributed by atoms with E-state index in [0.717, 1.165) is 6.42 Å². The zero-order valence-corrected chi connectivity index (χ0v) is 17.1. The molecule has 1 aliphatic heterocycles. The van der Waals surface area contributed by atoms with Crippen LogP contribution in [0.3, 0.4) is 0 Å². The predicted molar refractivity (Wildman–Crippen MR) is 109 cm³/mol. The number of aliphatic imine (C=N–C) groups is 1. The summed E-state index contributed by atoms with van der Waals surface area (Å²) in [5.41, 5.74) is 15.5. The summed E-state index contributed by atoms with van der Waals surface area (Å²) in [7, 11) is 0. The van der Waals surface area contributed by atoms with E-state index in [9.17, 15) is 29.1 Å². The van der Waals surface area contributed by atoms with Gasteiger partial charge in [0.15, 0.2) is 5.96 Å². The van der Waals surface area contributed by atoms with Crippen LogP contribution in [-0.2, 0) is 24.0 Å². The Morgan fingerprint density at radius 2 is 1.81 bits per heavy atom. The second-order valence-electron chi connectivity index (χ2n) is 7.01. The van der Waals surface area contributed by atoms with Crippen molar-refractivity contribution in [3.63, 3.8) is 0 Å². The number of nitrogens with two attached hydrogens (primary N) is 3. The third kappa shape index (κ3) is 10.3. The molecule has 3 atom stereocenters. The maximum atomic E-state index is 12.3. The van der Waals surface area contributed by atoms with Gasteiger partial charge in [0.2, 0.25) is 23.6 Å². The molecule has 1 aliphatic rings. The predicted octanol–water partition coefficient (Wildman–Crippen LogP) is -4.16. The highest BCUT2D eigenvalue weighted by molar-refractivity contribution is 5.95. The average Bonchev–Trinajstić information content (AvgIpc) is 3.22. The van der Waals surface area contributed by atoms with Gasteiger partial charge in [-0.3, -0.25) is 24.2 Å². The molecule has 0 aromatic rings. The van der Waals surface area contributed by atoms with Crippen molar-refractivity contribution in [3.8, 4) is 0 Å². The molecule has 0 aromatic carbocycles. The maximum absolute atomic E-state index is 12.3. The highest BCUT2D eigenvalue weighted by Gasteiger charge is 2.29. The maximum Gasteiger partial charge on any atom is 0.326 e. The minimum absolute atomic E-state index is 0.0700. The van der Waals surface area contributed by atoms with Crippen molar-refractivity contribution in [2.24, 2.45) is 22.2 Å². The van der Waals surface area contributed by atoms with Gasteiger partial charge in [-0.2, -0.15) is 0 Å². The van der Waals surface area contributed by atoms with E-state index in [1.165, 1.54) is 0 Å². The molecule has 0 saturated carbocycles. The van der Waals surface area contributed by atoms with Crippen molar-refractivity contribution < 1.29 is 29.1 Å². The summed E-state index contributed by atoms with van der Waals surface area (Å²) < 4.78 is 0. The van der Waals surface area contributed by atoms with E-state index in [0.29, 0.717) is 19.4 Å². The first-order valence-electron chi connectivity index (χ1n) is 9.77. The minimum Gasteiger partial charge on any atom is -0.480 e. The van der Waals surface area contributed by atoms with Gasteiger partial charge in [-0.05, 0) is 32.2 Å². The molecule has 1 rings (SSSR count). The topological polar surface area (TPSA) is 244 Å². The largest absolute Gasteiger partial charge is 0.480 e. The number of aliphatic carboxylic acids is 1. The molecule has 0 aromatic heterocycles. The normalized spacial score (nSPS) is 17.1. The number of hydrogen-bond donors (Lipinski definition) is 8. The Morgan fingerprint density at radius 1 is 1.10 bits per heavy atom. The number of guanidine groups is 1.